The lowest BCUT2D eigenvalue weighted by atomic mass is 10.0. The Bertz CT molecular complexity index is 803. The molecule has 6 nitrogen and oxygen atoms in total. The van der Waals surface area contributed by atoms with Crippen LogP contribution in [-0.2, 0) is 16.5 Å². The number of fused-ring (bicyclic) bond motifs is 2. The minimum Gasteiger partial charge on any atom is -0.383 e. The van der Waals surface area contributed by atoms with Crippen LogP contribution >= 0.6 is 0 Å². The van der Waals surface area contributed by atoms with E-state index < -0.39 is 0 Å². The van der Waals surface area contributed by atoms with Gasteiger partial charge in [0.15, 0.2) is 0 Å². The number of aryl methyl sites for hydroxylation is 1. The molecular weight excluding hydrogens is 342 g/mol. The molecule has 2 aromatic rings. The molecule has 0 radical (unpaired) electrons. The first kappa shape index (κ1) is 18.5. The fourth-order valence-corrected chi connectivity index (χ4v) is 4.45. The Hall–Kier alpha value is -1.89. The van der Waals surface area contributed by atoms with Gasteiger partial charge in [0, 0.05) is 69.0 Å². The highest BCUT2D eigenvalue weighted by atomic mass is 16.5. The molecule has 2 fully saturated rings. The van der Waals surface area contributed by atoms with Gasteiger partial charge in [-0.15, -0.1) is 0 Å². The molecule has 1 amide bonds. The molecule has 0 spiro atoms. The quantitative estimate of drug-likeness (QED) is 0.826. The minimum atomic E-state index is 0.128. The van der Waals surface area contributed by atoms with Crippen LogP contribution in [0.25, 0.3) is 10.9 Å². The third-order valence-corrected chi connectivity index (χ3v) is 5.99. The molecule has 27 heavy (non-hydrogen) atoms. The van der Waals surface area contributed by atoms with Crippen LogP contribution in [0.4, 0.5) is 0 Å². The molecule has 2 atom stereocenters. The van der Waals surface area contributed by atoms with Gasteiger partial charge in [-0.05, 0) is 37.1 Å². The van der Waals surface area contributed by atoms with Gasteiger partial charge in [-0.3, -0.25) is 9.69 Å². The van der Waals surface area contributed by atoms with Crippen LogP contribution in [0.3, 0.4) is 0 Å². The maximum atomic E-state index is 13.1. The van der Waals surface area contributed by atoms with E-state index in [1.807, 2.05) is 36.3 Å². The molecule has 0 bridgehead atoms. The number of nitrogens with zero attached hydrogens (tertiary/aromatic N) is 3. The summed E-state index contributed by atoms with van der Waals surface area (Å²) >= 11 is 0. The molecule has 146 valence electrons. The lowest BCUT2D eigenvalue weighted by Crippen LogP contribution is -2.52. The van der Waals surface area contributed by atoms with Gasteiger partial charge in [-0.25, -0.2) is 0 Å². The molecule has 1 aromatic heterocycles. The summed E-state index contributed by atoms with van der Waals surface area (Å²) in [7, 11) is 3.77. The summed E-state index contributed by atoms with van der Waals surface area (Å²) < 4.78 is 13.4. The van der Waals surface area contributed by atoms with Crippen LogP contribution in [0.1, 0.15) is 23.2 Å². The van der Waals surface area contributed by atoms with E-state index in [0.717, 1.165) is 68.7 Å². The fourth-order valence-electron chi connectivity index (χ4n) is 4.45. The molecule has 6 heteroatoms. The third-order valence-electron chi connectivity index (χ3n) is 5.99. The molecule has 2 aliphatic heterocycles. The zero-order valence-electron chi connectivity index (χ0n) is 16.3. The van der Waals surface area contributed by atoms with Crippen molar-refractivity contribution in [3.63, 3.8) is 0 Å². The lowest BCUT2D eigenvalue weighted by molar-refractivity contribution is -0.0761. The van der Waals surface area contributed by atoms with E-state index in [4.69, 9.17) is 9.47 Å². The molecule has 2 aliphatic rings. The lowest BCUT2D eigenvalue weighted by Gasteiger charge is -2.40. The average molecular weight is 371 g/mol. The van der Waals surface area contributed by atoms with Gasteiger partial charge < -0.3 is 18.9 Å². The van der Waals surface area contributed by atoms with Gasteiger partial charge in [-0.1, -0.05) is 0 Å². The second-order valence-corrected chi connectivity index (χ2v) is 7.58. The molecule has 0 saturated carbocycles. The number of aromatic nitrogens is 1. The van der Waals surface area contributed by atoms with E-state index in [1.165, 1.54) is 0 Å². The normalized spacial score (nSPS) is 24.0. The number of likely N-dealkylation sites (tertiary alicyclic amines) is 1. The summed E-state index contributed by atoms with van der Waals surface area (Å²) in [6.07, 6.45) is 4.09. The Morgan fingerprint density at radius 3 is 2.93 bits per heavy atom. The van der Waals surface area contributed by atoms with Crippen molar-refractivity contribution in [2.45, 2.75) is 25.0 Å². The van der Waals surface area contributed by atoms with Crippen molar-refractivity contribution in [1.82, 2.24) is 14.4 Å². The second-order valence-electron chi connectivity index (χ2n) is 7.58. The first-order valence-electron chi connectivity index (χ1n) is 9.86. The third kappa shape index (κ3) is 3.74. The Morgan fingerprint density at radius 1 is 1.22 bits per heavy atom. The largest absolute Gasteiger partial charge is 0.383 e. The van der Waals surface area contributed by atoms with Gasteiger partial charge in [-0.2, -0.15) is 0 Å². The van der Waals surface area contributed by atoms with Crippen LogP contribution in [0.2, 0.25) is 0 Å². The highest BCUT2D eigenvalue weighted by molar-refractivity contribution is 5.98. The summed E-state index contributed by atoms with van der Waals surface area (Å²) in [6.45, 7) is 4.92. The van der Waals surface area contributed by atoms with Crippen molar-refractivity contribution in [2.75, 3.05) is 46.5 Å². The maximum absolute atomic E-state index is 13.1. The van der Waals surface area contributed by atoms with E-state index in [9.17, 15) is 4.79 Å². The molecule has 0 N–H and O–H groups in total. The Labute approximate surface area is 160 Å². The summed E-state index contributed by atoms with van der Waals surface area (Å²) in [5.74, 6) is 0.128. The number of benzene rings is 1. The summed E-state index contributed by atoms with van der Waals surface area (Å²) in [5, 5.41) is 1.11. The number of morpholine rings is 1. The average Bonchev–Trinajstić information content (AvgIpc) is 2.92. The number of carbonyl (C=O) groups excluding carboxylic acids is 1. The molecule has 4 rings (SSSR count). The Balaban J connectivity index is 1.47. The highest BCUT2D eigenvalue weighted by Gasteiger charge is 2.35. The van der Waals surface area contributed by atoms with Crippen LogP contribution < -0.4 is 0 Å². The van der Waals surface area contributed by atoms with Crippen LogP contribution in [0.15, 0.2) is 30.5 Å². The predicted molar refractivity (Wildman–Crippen MR) is 105 cm³/mol. The molecular formula is C21H29N3O3. The van der Waals surface area contributed by atoms with Crippen molar-refractivity contribution < 1.29 is 14.3 Å². The molecule has 2 saturated heterocycles. The maximum Gasteiger partial charge on any atom is 0.253 e. The Morgan fingerprint density at radius 2 is 2.07 bits per heavy atom. The number of rotatable bonds is 4. The highest BCUT2D eigenvalue weighted by Crippen LogP contribution is 2.25. The Kier molecular flexibility index (Phi) is 5.48. The van der Waals surface area contributed by atoms with Gasteiger partial charge in [0.1, 0.15) is 0 Å². The number of carbonyl (C=O) groups is 1. The summed E-state index contributed by atoms with van der Waals surface area (Å²) in [6, 6.07) is 8.43. The summed E-state index contributed by atoms with van der Waals surface area (Å²) in [4.78, 5) is 17.6. The number of methoxy groups -OCH3 is 1. The van der Waals surface area contributed by atoms with Crippen molar-refractivity contribution in [2.24, 2.45) is 7.05 Å². The monoisotopic (exact) mass is 371 g/mol. The van der Waals surface area contributed by atoms with E-state index in [1.54, 1.807) is 7.11 Å². The van der Waals surface area contributed by atoms with Crippen molar-refractivity contribution in [1.29, 1.82) is 0 Å². The topological polar surface area (TPSA) is 46.9 Å². The SMILES string of the molecule is COCCN1CCOC2CCN(C(=O)c3ccc4c(ccn4C)c3)CCC21. The van der Waals surface area contributed by atoms with Gasteiger partial charge >= 0.3 is 0 Å². The van der Waals surface area contributed by atoms with Crippen LogP contribution in [0, 0.1) is 0 Å². The zero-order valence-corrected chi connectivity index (χ0v) is 16.3. The smallest absolute Gasteiger partial charge is 0.253 e. The van der Waals surface area contributed by atoms with Crippen molar-refractivity contribution >= 4 is 16.8 Å². The van der Waals surface area contributed by atoms with E-state index >= 15 is 0 Å². The number of hydrogen-bond acceptors (Lipinski definition) is 4. The van der Waals surface area contributed by atoms with Crippen molar-refractivity contribution in [3.8, 4) is 0 Å². The minimum absolute atomic E-state index is 0.128. The van der Waals surface area contributed by atoms with Gasteiger partial charge in [0.2, 0.25) is 0 Å². The molecule has 2 unspecified atom stereocenters. The summed E-state index contributed by atoms with van der Waals surface area (Å²) in [5.41, 5.74) is 1.92. The standard InChI is InChI=1S/C21H29N3O3/c1-22-8-5-16-15-17(3-4-18(16)22)21(25)24-9-6-19-20(7-10-24)27-14-12-23(19)11-13-26-2/h3-5,8,15,19-20H,6-7,9-14H2,1-2H3. The van der Waals surface area contributed by atoms with Crippen molar-refractivity contribution in [3.05, 3.63) is 36.0 Å². The van der Waals surface area contributed by atoms with Gasteiger partial charge in [0.05, 0.1) is 19.3 Å². The van der Waals surface area contributed by atoms with E-state index in [-0.39, 0.29) is 12.0 Å². The number of hydrogen-bond donors (Lipinski definition) is 0. The van der Waals surface area contributed by atoms with Crippen LogP contribution in [0.5, 0.6) is 0 Å². The van der Waals surface area contributed by atoms with Gasteiger partial charge in [0.25, 0.3) is 5.91 Å². The molecule has 3 heterocycles. The first-order chi connectivity index (χ1) is 13.2. The first-order valence-corrected chi connectivity index (χ1v) is 9.86. The van der Waals surface area contributed by atoms with E-state index in [2.05, 4.69) is 15.5 Å². The number of amides is 1. The fraction of sp³-hybridized carbons (Fsp3) is 0.571. The van der Waals surface area contributed by atoms with Crippen LogP contribution in [-0.4, -0.2) is 78.9 Å². The molecule has 0 aliphatic carbocycles. The van der Waals surface area contributed by atoms with E-state index in [0.29, 0.717) is 6.04 Å². The molecule has 1 aromatic carbocycles. The predicted octanol–water partition coefficient (Wildman–Crippen LogP) is 2.13. The second kappa shape index (κ2) is 8.00. The zero-order chi connectivity index (χ0) is 18.8. The number of ether oxygens (including phenoxy) is 2.